The molecule has 0 spiro atoms. The van der Waals surface area contributed by atoms with E-state index >= 15 is 0 Å². The summed E-state index contributed by atoms with van der Waals surface area (Å²) in [5.74, 6) is 0.722. The molecule has 0 atom stereocenters. The van der Waals surface area contributed by atoms with Crippen molar-refractivity contribution < 1.29 is 23.9 Å². The quantitative estimate of drug-likeness (QED) is 0.417. The number of anilines is 1. The Balaban J connectivity index is 1.85. The molecule has 0 unspecified atom stereocenters. The van der Waals surface area contributed by atoms with Gasteiger partial charge >= 0.3 is 0 Å². The van der Waals surface area contributed by atoms with E-state index in [0.717, 1.165) is 4.68 Å². The van der Waals surface area contributed by atoms with Crippen molar-refractivity contribution in [3.63, 3.8) is 0 Å². The van der Waals surface area contributed by atoms with Gasteiger partial charge in [-0.25, -0.2) is 4.68 Å². The second-order valence-electron chi connectivity index (χ2n) is 6.48. The number of rotatable bonds is 8. The van der Waals surface area contributed by atoms with Gasteiger partial charge in [0.1, 0.15) is 6.54 Å². The highest BCUT2D eigenvalue weighted by Gasteiger charge is 2.16. The number of carbonyl (C=O) groups excluding carboxylic acids is 1. The average molecular weight is 440 g/mol. The van der Waals surface area contributed by atoms with E-state index in [1.165, 1.54) is 57.7 Å². The molecule has 1 heterocycles. The summed E-state index contributed by atoms with van der Waals surface area (Å²) in [6.45, 7) is -0.353. The Morgan fingerprint density at radius 3 is 2.19 bits per heavy atom. The summed E-state index contributed by atoms with van der Waals surface area (Å²) in [5.41, 5.74) is 0.782. The number of nitro benzene ring substituents is 1. The molecular formula is C21H20N4O7. The SMILES string of the molecule is COc1cc(-c2ccc(=O)n(CC(=O)Nc3ccc([N+](=O)[O-])cc3)n2)cc(OC)c1OC. The van der Waals surface area contributed by atoms with Crippen LogP contribution in [0.25, 0.3) is 11.3 Å². The second kappa shape index (κ2) is 9.60. The molecule has 3 rings (SSSR count). The first kappa shape index (κ1) is 22.3. The Hall–Kier alpha value is -4.41. The first-order valence-electron chi connectivity index (χ1n) is 9.29. The molecule has 3 aromatic rings. The highest BCUT2D eigenvalue weighted by atomic mass is 16.6. The molecule has 11 nitrogen and oxygen atoms in total. The van der Waals surface area contributed by atoms with Crippen LogP contribution in [0.15, 0.2) is 53.3 Å². The Kier molecular flexibility index (Phi) is 6.68. The number of nitrogens with one attached hydrogen (secondary N) is 1. The van der Waals surface area contributed by atoms with Gasteiger partial charge in [0.25, 0.3) is 11.2 Å². The fourth-order valence-corrected chi connectivity index (χ4v) is 2.95. The van der Waals surface area contributed by atoms with E-state index in [4.69, 9.17) is 14.2 Å². The molecule has 0 fully saturated rings. The highest BCUT2D eigenvalue weighted by molar-refractivity contribution is 5.90. The number of non-ortho nitro benzene ring substituents is 1. The predicted octanol–water partition coefficient (Wildman–Crippen LogP) is 2.48. The van der Waals surface area contributed by atoms with Crippen LogP contribution in [-0.2, 0) is 11.3 Å². The summed E-state index contributed by atoms with van der Waals surface area (Å²) in [7, 11) is 4.46. The summed E-state index contributed by atoms with van der Waals surface area (Å²) in [6.07, 6.45) is 0. The van der Waals surface area contributed by atoms with Crippen LogP contribution in [0.5, 0.6) is 17.2 Å². The summed E-state index contributed by atoms with van der Waals surface area (Å²) < 4.78 is 17.0. The molecule has 1 aromatic heterocycles. The van der Waals surface area contributed by atoms with Crippen molar-refractivity contribution in [1.29, 1.82) is 0 Å². The van der Waals surface area contributed by atoms with Crippen LogP contribution in [0.3, 0.4) is 0 Å². The van der Waals surface area contributed by atoms with Crippen molar-refractivity contribution in [3.05, 3.63) is 69.0 Å². The standard InChI is InChI=1S/C21H20N4O7/c1-30-17-10-13(11-18(31-2)21(17)32-3)16-8-9-20(27)24(23-16)12-19(26)22-14-4-6-15(7-5-14)25(28)29/h4-11H,12H2,1-3H3,(H,22,26). The summed E-state index contributed by atoms with van der Waals surface area (Å²) in [4.78, 5) is 34.8. The molecular weight excluding hydrogens is 420 g/mol. The fraction of sp³-hybridized carbons (Fsp3) is 0.190. The van der Waals surface area contributed by atoms with E-state index in [-0.39, 0.29) is 12.2 Å². The summed E-state index contributed by atoms with van der Waals surface area (Å²) in [6, 6.07) is 11.5. The van der Waals surface area contributed by atoms with Gasteiger partial charge in [-0.2, -0.15) is 5.10 Å². The van der Waals surface area contributed by atoms with Crippen LogP contribution in [0.2, 0.25) is 0 Å². The molecule has 0 saturated heterocycles. The average Bonchev–Trinajstić information content (AvgIpc) is 2.79. The minimum atomic E-state index is -0.538. The molecule has 0 bridgehead atoms. The van der Waals surface area contributed by atoms with Crippen molar-refractivity contribution in [3.8, 4) is 28.5 Å². The van der Waals surface area contributed by atoms with Crippen LogP contribution in [0, 0.1) is 10.1 Å². The van der Waals surface area contributed by atoms with Gasteiger partial charge in [0.15, 0.2) is 11.5 Å². The van der Waals surface area contributed by atoms with Crippen LogP contribution in [0.1, 0.15) is 0 Å². The smallest absolute Gasteiger partial charge is 0.269 e. The number of benzene rings is 2. The molecule has 0 saturated carbocycles. The molecule has 0 radical (unpaired) electrons. The third kappa shape index (κ3) is 4.83. The highest BCUT2D eigenvalue weighted by Crippen LogP contribution is 2.40. The molecule has 0 aliphatic carbocycles. The predicted molar refractivity (Wildman–Crippen MR) is 115 cm³/mol. The van der Waals surface area contributed by atoms with E-state index in [9.17, 15) is 19.7 Å². The Morgan fingerprint density at radius 2 is 1.66 bits per heavy atom. The molecule has 32 heavy (non-hydrogen) atoms. The largest absolute Gasteiger partial charge is 0.493 e. The number of methoxy groups -OCH3 is 3. The van der Waals surface area contributed by atoms with Crippen molar-refractivity contribution in [2.75, 3.05) is 26.6 Å². The number of amides is 1. The van der Waals surface area contributed by atoms with Gasteiger partial charge in [-0.15, -0.1) is 0 Å². The van der Waals surface area contributed by atoms with Gasteiger partial charge in [-0.1, -0.05) is 0 Å². The van der Waals surface area contributed by atoms with Crippen molar-refractivity contribution in [2.45, 2.75) is 6.54 Å². The van der Waals surface area contributed by atoms with Crippen molar-refractivity contribution in [2.24, 2.45) is 0 Å². The lowest BCUT2D eigenvalue weighted by Gasteiger charge is -2.14. The number of carbonyl (C=O) groups is 1. The maximum atomic E-state index is 12.4. The maximum absolute atomic E-state index is 12.4. The molecule has 2 aromatic carbocycles. The molecule has 166 valence electrons. The van der Waals surface area contributed by atoms with Crippen LogP contribution in [-0.4, -0.2) is 41.9 Å². The number of hydrogen-bond acceptors (Lipinski definition) is 8. The lowest BCUT2D eigenvalue weighted by molar-refractivity contribution is -0.384. The Labute approximate surface area is 182 Å². The van der Waals surface area contributed by atoms with Crippen LogP contribution < -0.4 is 25.1 Å². The number of aromatic nitrogens is 2. The van der Waals surface area contributed by atoms with Gasteiger partial charge in [-0.3, -0.25) is 19.7 Å². The molecule has 0 aliphatic heterocycles. The number of nitro groups is 1. The van der Waals surface area contributed by atoms with Gasteiger partial charge < -0.3 is 19.5 Å². The van der Waals surface area contributed by atoms with Crippen molar-refractivity contribution >= 4 is 17.3 Å². The monoisotopic (exact) mass is 440 g/mol. The lowest BCUT2D eigenvalue weighted by atomic mass is 10.1. The molecule has 0 aliphatic rings. The summed E-state index contributed by atoms with van der Waals surface area (Å²) >= 11 is 0. The number of ether oxygens (including phenoxy) is 3. The first-order chi connectivity index (χ1) is 15.4. The third-order valence-corrected chi connectivity index (χ3v) is 4.48. The minimum Gasteiger partial charge on any atom is -0.493 e. The van der Waals surface area contributed by atoms with Gasteiger partial charge in [-0.05, 0) is 30.3 Å². The molecule has 11 heteroatoms. The van der Waals surface area contributed by atoms with Gasteiger partial charge in [0.2, 0.25) is 11.7 Å². The van der Waals surface area contributed by atoms with Gasteiger partial charge in [0.05, 0.1) is 31.9 Å². The summed E-state index contributed by atoms with van der Waals surface area (Å²) in [5, 5.41) is 17.6. The normalized spacial score (nSPS) is 10.3. The van der Waals surface area contributed by atoms with Crippen molar-refractivity contribution in [1.82, 2.24) is 9.78 Å². The molecule has 1 amide bonds. The van der Waals surface area contributed by atoms with E-state index in [1.807, 2.05) is 0 Å². The number of nitrogens with zero attached hydrogens (tertiary/aromatic N) is 3. The van der Waals surface area contributed by atoms with E-state index in [1.54, 1.807) is 12.1 Å². The topological polar surface area (TPSA) is 135 Å². The van der Waals surface area contributed by atoms with Crippen LogP contribution >= 0.6 is 0 Å². The van der Waals surface area contributed by atoms with Crippen LogP contribution in [0.4, 0.5) is 11.4 Å². The lowest BCUT2D eigenvalue weighted by Crippen LogP contribution is -2.29. The van der Waals surface area contributed by atoms with E-state index in [2.05, 4.69) is 10.4 Å². The second-order valence-corrected chi connectivity index (χ2v) is 6.48. The van der Waals surface area contributed by atoms with E-state index in [0.29, 0.717) is 34.2 Å². The van der Waals surface area contributed by atoms with E-state index < -0.39 is 16.4 Å². The van der Waals surface area contributed by atoms with Gasteiger partial charge in [0, 0.05) is 29.4 Å². The Morgan fingerprint density at radius 1 is 1.03 bits per heavy atom. The first-order valence-corrected chi connectivity index (χ1v) is 9.29. The Bertz CT molecular complexity index is 1180. The maximum Gasteiger partial charge on any atom is 0.269 e. The number of hydrogen-bond donors (Lipinski definition) is 1. The zero-order valence-corrected chi connectivity index (χ0v) is 17.5. The minimum absolute atomic E-state index is 0.0982. The third-order valence-electron chi connectivity index (χ3n) is 4.48. The molecule has 1 N–H and O–H groups in total. The zero-order chi connectivity index (χ0) is 23.3. The fourth-order valence-electron chi connectivity index (χ4n) is 2.95. The zero-order valence-electron chi connectivity index (χ0n) is 17.5.